The van der Waals surface area contributed by atoms with Gasteiger partial charge in [0.15, 0.2) is 0 Å². The van der Waals surface area contributed by atoms with Crippen molar-refractivity contribution >= 4 is 53.9 Å². The van der Waals surface area contributed by atoms with Gasteiger partial charge in [0.25, 0.3) is 0 Å². The van der Waals surface area contributed by atoms with Gasteiger partial charge in [0.2, 0.25) is 0 Å². The van der Waals surface area contributed by atoms with Crippen LogP contribution in [0.15, 0.2) is 146 Å². The lowest BCUT2D eigenvalue weighted by Crippen LogP contribution is -1.87. The second-order valence-electron chi connectivity index (χ2n) is 14.0. The summed E-state index contributed by atoms with van der Waals surface area (Å²) in [6, 6.07) is 45.9. The van der Waals surface area contributed by atoms with Crippen LogP contribution in [0.5, 0.6) is 0 Å². The third-order valence-corrected chi connectivity index (χ3v) is 11.9. The van der Waals surface area contributed by atoms with Crippen molar-refractivity contribution in [2.24, 2.45) is 0 Å². The van der Waals surface area contributed by atoms with Crippen molar-refractivity contribution in [1.82, 2.24) is 9.97 Å². The van der Waals surface area contributed by atoms with E-state index in [1.807, 2.05) is 24.8 Å². The summed E-state index contributed by atoms with van der Waals surface area (Å²) in [7, 11) is 0. The molecule has 2 aromatic heterocycles. The van der Waals surface area contributed by atoms with Gasteiger partial charge in [-0.2, -0.15) is 0 Å². The Balaban J connectivity index is 1.07. The fraction of sp³-hybridized carbons (Fsp3) is 0. The Morgan fingerprint density at radius 3 is 1.08 bits per heavy atom. The van der Waals surface area contributed by atoms with Crippen LogP contribution in [0.3, 0.4) is 0 Å². The van der Waals surface area contributed by atoms with Crippen molar-refractivity contribution in [3.63, 3.8) is 0 Å². The van der Waals surface area contributed by atoms with Gasteiger partial charge < -0.3 is 0 Å². The Bertz CT molecular complexity index is 2980. The number of rotatable bonds is 2. The van der Waals surface area contributed by atoms with Crippen molar-refractivity contribution in [2.45, 2.75) is 0 Å². The van der Waals surface area contributed by atoms with E-state index in [2.05, 4.69) is 131 Å². The molecule has 13 rings (SSSR count). The van der Waals surface area contributed by atoms with Crippen molar-refractivity contribution < 1.29 is 0 Å². The fourth-order valence-corrected chi connectivity index (χ4v) is 9.89. The van der Waals surface area contributed by atoms with Crippen LogP contribution in [0, 0.1) is 0 Å². The Kier molecular flexibility index (Phi) is 4.41. The molecule has 2 heteroatoms. The van der Waals surface area contributed by atoms with E-state index in [1.165, 1.54) is 132 Å². The predicted molar refractivity (Wildman–Crippen MR) is 208 cm³/mol. The molecule has 0 saturated carbocycles. The van der Waals surface area contributed by atoms with Crippen LogP contribution in [0.25, 0.3) is 132 Å². The average Bonchev–Trinajstić information content (AvgIpc) is 3.82. The van der Waals surface area contributed by atoms with Gasteiger partial charge in [0.1, 0.15) is 0 Å². The first-order valence-corrected chi connectivity index (χ1v) is 17.3. The molecule has 0 aliphatic heterocycles. The first-order chi connectivity index (χ1) is 24.8. The summed E-state index contributed by atoms with van der Waals surface area (Å²) >= 11 is 0. The molecule has 2 nitrogen and oxygen atoms in total. The lowest BCUT2D eigenvalue weighted by Gasteiger charge is -2.14. The molecule has 3 aliphatic carbocycles. The summed E-state index contributed by atoms with van der Waals surface area (Å²) in [5.41, 5.74) is 18.0. The largest absolute Gasteiger partial charge is 0.264 e. The zero-order valence-electron chi connectivity index (χ0n) is 26.8. The molecule has 0 N–H and O–H groups in total. The maximum absolute atomic E-state index is 4.47. The molecule has 0 radical (unpaired) electrons. The lowest BCUT2D eigenvalue weighted by atomic mass is 9.89. The Morgan fingerprint density at radius 1 is 0.240 bits per heavy atom. The SMILES string of the molecule is c1cc2c3c(ccc(-c4ccc5c6c4ccc4ccc7c(-c8ccc9c%10c(cccc8%10)-c8cnccc8-9)ccc-5c7c46)c3c1)-c1ccncc1-2. The Morgan fingerprint density at radius 2 is 0.620 bits per heavy atom. The van der Waals surface area contributed by atoms with E-state index in [0.29, 0.717) is 0 Å². The molecule has 0 saturated heterocycles. The molecule has 0 fully saturated rings. The topological polar surface area (TPSA) is 25.8 Å². The zero-order valence-corrected chi connectivity index (χ0v) is 26.8. The first kappa shape index (κ1) is 25.4. The molecule has 0 atom stereocenters. The number of hydrogen-bond donors (Lipinski definition) is 0. The van der Waals surface area contributed by atoms with Gasteiger partial charge in [0, 0.05) is 35.9 Å². The highest BCUT2D eigenvalue weighted by Gasteiger charge is 2.28. The van der Waals surface area contributed by atoms with Crippen LogP contribution in [0.4, 0.5) is 0 Å². The van der Waals surface area contributed by atoms with E-state index in [4.69, 9.17) is 0 Å². The minimum absolute atomic E-state index is 1.23. The summed E-state index contributed by atoms with van der Waals surface area (Å²) in [5.74, 6) is 0. The molecule has 10 aromatic rings. The minimum Gasteiger partial charge on any atom is -0.264 e. The number of benzene rings is 8. The van der Waals surface area contributed by atoms with Crippen LogP contribution in [-0.4, -0.2) is 9.97 Å². The molecule has 226 valence electrons. The molecule has 50 heavy (non-hydrogen) atoms. The van der Waals surface area contributed by atoms with Crippen molar-refractivity contribution in [3.8, 4) is 77.9 Å². The molecule has 3 aliphatic rings. The smallest absolute Gasteiger partial charge is 0.0352 e. The van der Waals surface area contributed by atoms with Crippen LogP contribution >= 0.6 is 0 Å². The molecule has 0 bridgehead atoms. The van der Waals surface area contributed by atoms with Gasteiger partial charge in [-0.3, -0.25) is 9.97 Å². The van der Waals surface area contributed by atoms with E-state index in [9.17, 15) is 0 Å². The van der Waals surface area contributed by atoms with Crippen LogP contribution < -0.4 is 0 Å². The third-order valence-electron chi connectivity index (χ3n) is 11.9. The highest BCUT2D eigenvalue weighted by Crippen LogP contribution is 2.55. The van der Waals surface area contributed by atoms with Crippen molar-refractivity contribution in [2.75, 3.05) is 0 Å². The molecule has 8 aromatic carbocycles. The second-order valence-corrected chi connectivity index (χ2v) is 14.0. The highest BCUT2D eigenvalue weighted by molar-refractivity contribution is 6.36. The molecular formula is C48H24N2. The number of pyridine rings is 2. The Hall–Kier alpha value is -6.64. The molecule has 2 heterocycles. The average molecular weight is 629 g/mol. The van der Waals surface area contributed by atoms with Crippen LogP contribution in [0.2, 0.25) is 0 Å². The highest BCUT2D eigenvalue weighted by atomic mass is 14.6. The van der Waals surface area contributed by atoms with Crippen molar-refractivity contribution in [3.05, 3.63) is 146 Å². The van der Waals surface area contributed by atoms with E-state index in [-0.39, 0.29) is 0 Å². The zero-order chi connectivity index (χ0) is 32.2. The standard InChI is InChI=1S/C48H24N2/c1-3-32-26(11-15-36-30-19-21-49-23-42(30)34(5-1)45(32)36)28-13-17-40-41-18-14-29(39-10-8-25-7-9-38(28)47(40)44(25)48(39)41)27-12-16-37-31-20-22-50-24-43(31)35-6-2-4-33(27)46(35)37/h1-24H. The van der Waals surface area contributed by atoms with Gasteiger partial charge in [-0.15, -0.1) is 0 Å². The fourth-order valence-electron chi connectivity index (χ4n) is 9.89. The normalized spacial score (nSPS) is 12.8. The summed E-state index contributed by atoms with van der Waals surface area (Å²) in [6.45, 7) is 0. The number of hydrogen-bond acceptors (Lipinski definition) is 2. The van der Waals surface area contributed by atoms with Crippen LogP contribution in [-0.2, 0) is 0 Å². The third kappa shape index (κ3) is 2.86. The van der Waals surface area contributed by atoms with E-state index >= 15 is 0 Å². The lowest BCUT2D eigenvalue weighted by molar-refractivity contribution is 1.34. The van der Waals surface area contributed by atoms with E-state index < -0.39 is 0 Å². The van der Waals surface area contributed by atoms with Gasteiger partial charge in [-0.05, 0) is 133 Å². The molecule has 0 unspecified atom stereocenters. The maximum Gasteiger partial charge on any atom is 0.0352 e. The van der Waals surface area contributed by atoms with Crippen LogP contribution in [0.1, 0.15) is 0 Å². The molecule has 0 spiro atoms. The van der Waals surface area contributed by atoms with Crippen molar-refractivity contribution in [1.29, 1.82) is 0 Å². The second kappa shape index (κ2) is 8.68. The number of aromatic nitrogens is 2. The summed E-state index contributed by atoms with van der Waals surface area (Å²) in [5, 5.41) is 13.3. The van der Waals surface area contributed by atoms with E-state index in [0.717, 1.165) is 0 Å². The predicted octanol–water partition coefficient (Wildman–Crippen LogP) is 12.9. The summed E-state index contributed by atoms with van der Waals surface area (Å²) in [6.07, 6.45) is 7.84. The number of nitrogens with zero attached hydrogens (tertiary/aromatic N) is 2. The van der Waals surface area contributed by atoms with Gasteiger partial charge in [0.05, 0.1) is 0 Å². The Labute approximate surface area is 286 Å². The molecular weight excluding hydrogens is 605 g/mol. The van der Waals surface area contributed by atoms with Gasteiger partial charge in [-0.25, -0.2) is 0 Å². The van der Waals surface area contributed by atoms with Gasteiger partial charge >= 0.3 is 0 Å². The van der Waals surface area contributed by atoms with E-state index in [1.54, 1.807) is 0 Å². The quantitative estimate of drug-likeness (QED) is 0.178. The monoisotopic (exact) mass is 628 g/mol. The van der Waals surface area contributed by atoms with Gasteiger partial charge in [-0.1, -0.05) is 109 Å². The molecule has 0 amide bonds. The number of fused-ring (bicyclic) bond motifs is 7. The summed E-state index contributed by atoms with van der Waals surface area (Å²) < 4.78 is 0. The first-order valence-electron chi connectivity index (χ1n) is 17.3. The minimum atomic E-state index is 1.23. The summed E-state index contributed by atoms with van der Waals surface area (Å²) in [4.78, 5) is 8.93. The maximum atomic E-state index is 4.47.